The molecule has 1 aromatic carbocycles. The Hall–Kier alpha value is -2.60. The van der Waals surface area contributed by atoms with Gasteiger partial charge in [0.05, 0.1) is 6.26 Å². The van der Waals surface area contributed by atoms with Gasteiger partial charge in [-0.25, -0.2) is 0 Å². The Balaban J connectivity index is 1.36. The first-order chi connectivity index (χ1) is 12.6. The SMILES string of the molecule is CC(CNC(=O)CCNC(=O)c1ccco1)N1CCc2ccccc2C1. The third-order valence-corrected chi connectivity index (χ3v) is 4.76. The highest BCUT2D eigenvalue weighted by Crippen LogP contribution is 2.19. The van der Waals surface area contributed by atoms with Crippen molar-refractivity contribution in [1.29, 1.82) is 0 Å². The van der Waals surface area contributed by atoms with Gasteiger partial charge >= 0.3 is 0 Å². The van der Waals surface area contributed by atoms with Gasteiger partial charge in [0.1, 0.15) is 0 Å². The number of nitrogens with zero attached hydrogens (tertiary/aromatic N) is 1. The molecule has 2 N–H and O–H groups in total. The summed E-state index contributed by atoms with van der Waals surface area (Å²) in [5.41, 5.74) is 2.80. The number of hydrogen-bond acceptors (Lipinski definition) is 4. The van der Waals surface area contributed by atoms with Crippen LogP contribution in [0.4, 0.5) is 0 Å². The minimum absolute atomic E-state index is 0.0611. The van der Waals surface area contributed by atoms with E-state index in [1.54, 1.807) is 12.1 Å². The van der Waals surface area contributed by atoms with Gasteiger partial charge in [0.25, 0.3) is 5.91 Å². The molecule has 2 amide bonds. The van der Waals surface area contributed by atoms with Crippen LogP contribution in [0.3, 0.4) is 0 Å². The summed E-state index contributed by atoms with van der Waals surface area (Å²) in [6, 6.07) is 12.0. The van der Waals surface area contributed by atoms with E-state index in [1.807, 2.05) is 0 Å². The average molecular weight is 355 g/mol. The second kappa shape index (κ2) is 8.67. The van der Waals surface area contributed by atoms with Crippen LogP contribution in [-0.2, 0) is 17.8 Å². The Kier molecular flexibility index (Phi) is 6.07. The fraction of sp³-hybridized carbons (Fsp3) is 0.400. The van der Waals surface area contributed by atoms with Crippen molar-refractivity contribution in [3.63, 3.8) is 0 Å². The van der Waals surface area contributed by atoms with Crippen molar-refractivity contribution >= 4 is 11.8 Å². The standard InChI is InChI=1S/C20H25N3O3/c1-15(23-11-9-16-5-2-3-6-17(16)14-23)13-22-19(24)8-10-21-20(25)18-7-4-12-26-18/h2-7,12,15H,8-11,13-14H2,1H3,(H,21,25)(H,22,24). The number of hydrogen-bond donors (Lipinski definition) is 2. The summed E-state index contributed by atoms with van der Waals surface area (Å²) in [6.07, 6.45) is 2.75. The molecule has 3 rings (SSSR count). The molecule has 1 unspecified atom stereocenters. The fourth-order valence-corrected chi connectivity index (χ4v) is 3.16. The number of benzene rings is 1. The molecule has 6 nitrogen and oxygen atoms in total. The molecule has 0 fully saturated rings. The van der Waals surface area contributed by atoms with Crippen molar-refractivity contribution in [2.75, 3.05) is 19.6 Å². The first-order valence-corrected chi connectivity index (χ1v) is 9.02. The monoisotopic (exact) mass is 355 g/mol. The van der Waals surface area contributed by atoms with Gasteiger partial charge in [-0.3, -0.25) is 14.5 Å². The molecule has 0 saturated carbocycles. The maximum Gasteiger partial charge on any atom is 0.286 e. The zero-order valence-electron chi connectivity index (χ0n) is 15.0. The lowest BCUT2D eigenvalue weighted by Gasteiger charge is -2.33. The summed E-state index contributed by atoms with van der Waals surface area (Å²) >= 11 is 0. The van der Waals surface area contributed by atoms with Gasteiger partial charge < -0.3 is 15.1 Å². The third-order valence-electron chi connectivity index (χ3n) is 4.76. The Bertz CT molecular complexity index is 743. The topological polar surface area (TPSA) is 74.6 Å². The van der Waals surface area contributed by atoms with Crippen LogP contribution in [0.1, 0.15) is 35.0 Å². The fourth-order valence-electron chi connectivity index (χ4n) is 3.16. The molecule has 138 valence electrons. The summed E-state index contributed by atoms with van der Waals surface area (Å²) in [4.78, 5) is 26.1. The predicted octanol–water partition coefficient (Wildman–Crippen LogP) is 1.96. The molecule has 0 aliphatic carbocycles. The molecule has 2 heterocycles. The number of carbonyl (C=O) groups is 2. The zero-order valence-corrected chi connectivity index (χ0v) is 15.0. The summed E-state index contributed by atoms with van der Waals surface area (Å²) in [5.74, 6) is -0.110. The molecule has 1 aliphatic rings. The van der Waals surface area contributed by atoms with E-state index >= 15 is 0 Å². The Morgan fingerprint density at radius 3 is 2.73 bits per heavy atom. The molecule has 6 heteroatoms. The molecule has 0 spiro atoms. The summed E-state index contributed by atoms with van der Waals surface area (Å²) in [6.45, 7) is 4.95. The van der Waals surface area contributed by atoms with E-state index in [1.165, 1.54) is 17.4 Å². The van der Waals surface area contributed by atoms with Gasteiger partial charge in [-0.1, -0.05) is 24.3 Å². The molecule has 1 aliphatic heterocycles. The van der Waals surface area contributed by atoms with Crippen LogP contribution in [0.25, 0.3) is 0 Å². The molecule has 26 heavy (non-hydrogen) atoms. The first-order valence-electron chi connectivity index (χ1n) is 9.02. The first kappa shape index (κ1) is 18.2. The van der Waals surface area contributed by atoms with Crippen LogP contribution in [0, 0.1) is 0 Å². The smallest absolute Gasteiger partial charge is 0.286 e. The maximum atomic E-state index is 12.0. The van der Waals surface area contributed by atoms with E-state index in [4.69, 9.17) is 4.42 Å². The molecule has 1 aromatic heterocycles. The van der Waals surface area contributed by atoms with Gasteiger partial charge in [-0.05, 0) is 36.6 Å². The molecular formula is C20H25N3O3. The van der Waals surface area contributed by atoms with Crippen molar-refractivity contribution in [2.24, 2.45) is 0 Å². The Labute approximate surface area is 153 Å². The highest BCUT2D eigenvalue weighted by molar-refractivity contribution is 5.91. The number of fused-ring (bicyclic) bond motifs is 1. The van der Waals surface area contributed by atoms with Crippen LogP contribution in [0.5, 0.6) is 0 Å². The van der Waals surface area contributed by atoms with Crippen LogP contribution >= 0.6 is 0 Å². The molecule has 0 bridgehead atoms. The summed E-state index contributed by atoms with van der Waals surface area (Å²) in [5, 5.41) is 5.63. The molecule has 2 aromatic rings. The second-order valence-corrected chi connectivity index (χ2v) is 6.63. The van der Waals surface area contributed by atoms with Crippen molar-refractivity contribution in [3.8, 4) is 0 Å². The number of amides is 2. The molecule has 0 saturated heterocycles. The average Bonchev–Trinajstić information content (AvgIpc) is 3.20. The van der Waals surface area contributed by atoms with Crippen LogP contribution in [0.15, 0.2) is 47.1 Å². The van der Waals surface area contributed by atoms with Crippen molar-refractivity contribution in [3.05, 3.63) is 59.5 Å². The molecule has 0 radical (unpaired) electrons. The van der Waals surface area contributed by atoms with Crippen LogP contribution in [-0.4, -0.2) is 42.4 Å². The lowest BCUT2D eigenvalue weighted by molar-refractivity contribution is -0.121. The maximum absolute atomic E-state index is 12.0. The number of carbonyl (C=O) groups excluding carboxylic acids is 2. The minimum atomic E-state index is -0.303. The second-order valence-electron chi connectivity index (χ2n) is 6.63. The summed E-state index contributed by atoms with van der Waals surface area (Å²) < 4.78 is 5.01. The Morgan fingerprint density at radius 1 is 1.15 bits per heavy atom. The lowest BCUT2D eigenvalue weighted by Crippen LogP contribution is -2.44. The quantitative estimate of drug-likeness (QED) is 0.796. The van der Waals surface area contributed by atoms with Gasteiger partial charge in [-0.2, -0.15) is 0 Å². The van der Waals surface area contributed by atoms with E-state index in [-0.39, 0.29) is 36.6 Å². The number of furan rings is 1. The largest absolute Gasteiger partial charge is 0.459 e. The predicted molar refractivity (Wildman–Crippen MR) is 98.7 cm³/mol. The van der Waals surface area contributed by atoms with Crippen molar-refractivity contribution < 1.29 is 14.0 Å². The van der Waals surface area contributed by atoms with E-state index in [0.717, 1.165) is 19.5 Å². The van der Waals surface area contributed by atoms with E-state index in [2.05, 4.69) is 46.7 Å². The van der Waals surface area contributed by atoms with Crippen molar-refractivity contribution in [1.82, 2.24) is 15.5 Å². The Morgan fingerprint density at radius 2 is 1.96 bits per heavy atom. The summed E-state index contributed by atoms with van der Waals surface area (Å²) in [7, 11) is 0. The number of nitrogens with one attached hydrogen (secondary N) is 2. The highest BCUT2D eigenvalue weighted by atomic mass is 16.3. The zero-order chi connectivity index (χ0) is 18.4. The normalized spacial score (nSPS) is 15.1. The van der Waals surface area contributed by atoms with Gasteiger partial charge in [-0.15, -0.1) is 0 Å². The highest BCUT2D eigenvalue weighted by Gasteiger charge is 2.20. The van der Waals surface area contributed by atoms with E-state index < -0.39 is 0 Å². The third kappa shape index (κ3) is 4.73. The van der Waals surface area contributed by atoms with Crippen molar-refractivity contribution in [2.45, 2.75) is 32.4 Å². The van der Waals surface area contributed by atoms with Gasteiger partial charge in [0, 0.05) is 38.6 Å². The van der Waals surface area contributed by atoms with Crippen LogP contribution < -0.4 is 10.6 Å². The number of rotatable bonds is 7. The van der Waals surface area contributed by atoms with Gasteiger partial charge in [0.15, 0.2) is 5.76 Å². The van der Waals surface area contributed by atoms with E-state index in [0.29, 0.717) is 6.54 Å². The molecular weight excluding hydrogens is 330 g/mol. The van der Waals surface area contributed by atoms with E-state index in [9.17, 15) is 9.59 Å². The van der Waals surface area contributed by atoms with Gasteiger partial charge in [0.2, 0.25) is 5.91 Å². The molecule has 1 atom stereocenters. The lowest BCUT2D eigenvalue weighted by atomic mass is 9.99. The minimum Gasteiger partial charge on any atom is -0.459 e. The van der Waals surface area contributed by atoms with Crippen LogP contribution in [0.2, 0.25) is 0 Å².